The van der Waals surface area contributed by atoms with Crippen LogP contribution in [0.25, 0.3) is 0 Å². The van der Waals surface area contributed by atoms with Crippen molar-refractivity contribution in [3.63, 3.8) is 0 Å². The van der Waals surface area contributed by atoms with Crippen LogP contribution in [-0.2, 0) is 17.1 Å². The molecule has 1 fully saturated rings. The zero-order valence-electron chi connectivity index (χ0n) is 12.9. The number of imidazole rings is 1. The fraction of sp³-hybridized carbons (Fsp3) is 0.786. The largest absolute Gasteiger partial charge is 0.324 e. The number of aryl methyl sites for hydroxylation is 1. The number of halogens is 1. The molecular weight excluding hydrogens is 310 g/mol. The minimum atomic E-state index is -3.62. The van der Waals surface area contributed by atoms with Crippen molar-refractivity contribution in [2.24, 2.45) is 13.0 Å². The molecule has 0 spiro atoms. The first-order valence-electron chi connectivity index (χ1n) is 7.52. The van der Waals surface area contributed by atoms with Gasteiger partial charge >= 0.3 is 0 Å². The van der Waals surface area contributed by atoms with E-state index in [4.69, 9.17) is 11.6 Å². The van der Waals surface area contributed by atoms with Crippen molar-refractivity contribution in [1.82, 2.24) is 13.9 Å². The molecule has 1 heterocycles. The van der Waals surface area contributed by atoms with Gasteiger partial charge in [-0.05, 0) is 25.2 Å². The molecule has 0 atom stereocenters. The molecule has 1 aliphatic carbocycles. The van der Waals surface area contributed by atoms with Crippen LogP contribution in [0.4, 0.5) is 0 Å². The van der Waals surface area contributed by atoms with E-state index in [-0.39, 0.29) is 16.2 Å². The van der Waals surface area contributed by atoms with Gasteiger partial charge in [-0.25, -0.2) is 13.4 Å². The van der Waals surface area contributed by atoms with Gasteiger partial charge in [-0.2, -0.15) is 4.31 Å². The highest BCUT2D eigenvalue weighted by molar-refractivity contribution is 7.89. The highest BCUT2D eigenvalue weighted by Gasteiger charge is 2.36. The maximum absolute atomic E-state index is 12.9. The average molecular weight is 334 g/mol. The first-order chi connectivity index (χ1) is 9.84. The predicted octanol–water partition coefficient (Wildman–Crippen LogP) is 3.05. The number of sulfonamides is 1. The molecule has 0 aromatic carbocycles. The Bertz CT molecular complexity index is 577. The standard InChI is InChI=1S/C14H24ClN3O2S/c1-11(2)8-9-18(12-6-4-5-7-12)21(19,20)14-13(15)17(3)10-16-14/h10-12H,4-9H2,1-3H3. The Balaban J connectivity index is 2.31. The van der Waals surface area contributed by atoms with E-state index in [0.29, 0.717) is 12.5 Å². The summed E-state index contributed by atoms with van der Waals surface area (Å²) in [6.07, 6.45) is 6.34. The summed E-state index contributed by atoms with van der Waals surface area (Å²) in [6, 6.07) is 0.0897. The molecule has 120 valence electrons. The third-order valence-electron chi connectivity index (χ3n) is 4.05. The molecule has 21 heavy (non-hydrogen) atoms. The molecule has 0 saturated heterocycles. The Labute approximate surface area is 132 Å². The van der Waals surface area contributed by atoms with E-state index in [1.807, 2.05) is 0 Å². The third-order valence-corrected chi connectivity index (χ3v) is 6.49. The number of aromatic nitrogens is 2. The normalized spacial score (nSPS) is 17.2. The molecule has 1 aromatic heterocycles. The number of hydrogen-bond donors (Lipinski definition) is 0. The Morgan fingerprint density at radius 2 is 2.05 bits per heavy atom. The molecule has 0 amide bonds. The smallest absolute Gasteiger partial charge is 0.263 e. The molecule has 0 unspecified atom stereocenters. The second kappa shape index (κ2) is 6.67. The molecule has 5 nitrogen and oxygen atoms in total. The number of rotatable bonds is 6. The molecular formula is C14H24ClN3O2S. The Morgan fingerprint density at radius 1 is 1.43 bits per heavy atom. The van der Waals surface area contributed by atoms with Crippen LogP contribution in [0.3, 0.4) is 0 Å². The topological polar surface area (TPSA) is 55.2 Å². The van der Waals surface area contributed by atoms with Crippen LogP contribution in [-0.4, -0.2) is 34.9 Å². The van der Waals surface area contributed by atoms with Gasteiger partial charge in [0.25, 0.3) is 10.0 Å². The fourth-order valence-electron chi connectivity index (χ4n) is 2.75. The highest BCUT2D eigenvalue weighted by atomic mass is 35.5. The van der Waals surface area contributed by atoms with Crippen molar-refractivity contribution in [2.45, 2.75) is 57.0 Å². The predicted molar refractivity (Wildman–Crippen MR) is 83.8 cm³/mol. The van der Waals surface area contributed by atoms with Gasteiger partial charge in [0.1, 0.15) is 5.15 Å². The fourth-order valence-corrected chi connectivity index (χ4v) is 4.85. The van der Waals surface area contributed by atoms with Crippen LogP contribution >= 0.6 is 11.6 Å². The van der Waals surface area contributed by atoms with Gasteiger partial charge in [0, 0.05) is 19.6 Å². The van der Waals surface area contributed by atoms with Crippen LogP contribution in [0.1, 0.15) is 46.0 Å². The number of nitrogens with zero attached hydrogens (tertiary/aromatic N) is 3. The molecule has 1 aromatic rings. The molecule has 0 bridgehead atoms. The first-order valence-corrected chi connectivity index (χ1v) is 9.34. The van der Waals surface area contributed by atoms with Crippen molar-refractivity contribution in [3.8, 4) is 0 Å². The van der Waals surface area contributed by atoms with Crippen molar-refractivity contribution >= 4 is 21.6 Å². The summed E-state index contributed by atoms with van der Waals surface area (Å²) in [7, 11) is -1.92. The van der Waals surface area contributed by atoms with E-state index in [9.17, 15) is 8.42 Å². The van der Waals surface area contributed by atoms with Gasteiger partial charge in [-0.15, -0.1) is 0 Å². The van der Waals surface area contributed by atoms with Crippen LogP contribution in [0, 0.1) is 5.92 Å². The lowest BCUT2D eigenvalue weighted by Crippen LogP contribution is -2.40. The lowest BCUT2D eigenvalue weighted by Gasteiger charge is -2.28. The van der Waals surface area contributed by atoms with E-state index >= 15 is 0 Å². The minimum Gasteiger partial charge on any atom is -0.324 e. The molecule has 0 radical (unpaired) electrons. The van der Waals surface area contributed by atoms with Crippen LogP contribution in [0.2, 0.25) is 5.15 Å². The molecule has 1 aliphatic rings. The zero-order chi connectivity index (χ0) is 15.6. The number of hydrogen-bond acceptors (Lipinski definition) is 3. The molecule has 2 rings (SSSR count). The van der Waals surface area contributed by atoms with Crippen molar-refractivity contribution < 1.29 is 8.42 Å². The van der Waals surface area contributed by atoms with Crippen molar-refractivity contribution in [2.75, 3.05) is 6.54 Å². The third kappa shape index (κ3) is 3.60. The highest BCUT2D eigenvalue weighted by Crippen LogP contribution is 2.31. The maximum atomic E-state index is 12.9. The van der Waals surface area contributed by atoms with Crippen LogP contribution < -0.4 is 0 Å². The molecule has 7 heteroatoms. The second-order valence-corrected chi connectivity index (χ2v) is 8.35. The minimum absolute atomic E-state index is 0.0117. The lowest BCUT2D eigenvalue weighted by atomic mass is 10.1. The summed E-state index contributed by atoms with van der Waals surface area (Å²) < 4.78 is 29.0. The first kappa shape index (κ1) is 16.8. The summed E-state index contributed by atoms with van der Waals surface area (Å²) in [4.78, 5) is 4.01. The van der Waals surface area contributed by atoms with Crippen molar-refractivity contribution in [3.05, 3.63) is 11.5 Å². The molecule has 0 aliphatic heterocycles. The quantitative estimate of drug-likeness (QED) is 0.804. The van der Waals surface area contributed by atoms with Crippen LogP contribution in [0.15, 0.2) is 11.4 Å². The molecule has 0 N–H and O–H groups in total. The van der Waals surface area contributed by atoms with Gasteiger partial charge in [0.2, 0.25) is 5.03 Å². The van der Waals surface area contributed by atoms with E-state index in [1.165, 1.54) is 10.9 Å². The Hall–Kier alpha value is -0.590. The second-order valence-electron chi connectivity index (χ2n) is 6.19. The van der Waals surface area contributed by atoms with Gasteiger partial charge in [0.15, 0.2) is 0 Å². The summed E-state index contributed by atoms with van der Waals surface area (Å²) in [6.45, 7) is 4.75. The van der Waals surface area contributed by atoms with E-state index < -0.39 is 10.0 Å². The summed E-state index contributed by atoms with van der Waals surface area (Å²) in [5, 5.41) is 0.171. The average Bonchev–Trinajstić information content (AvgIpc) is 3.01. The maximum Gasteiger partial charge on any atom is 0.263 e. The monoisotopic (exact) mass is 333 g/mol. The summed E-state index contributed by atoms with van der Waals surface area (Å²) in [5.74, 6) is 0.461. The van der Waals surface area contributed by atoms with E-state index in [0.717, 1.165) is 32.1 Å². The summed E-state index contributed by atoms with van der Waals surface area (Å²) >= 11 is 6.10. The van der Waals surface area contributed by atoms with Gasteiger partial charge in [-0.3, -0.25) is 0 Å². The van der Waals surface area contributed by atoms with E-state index in [1.54, 1.807) is 11.4 Å². The summed E-state index contributed by atoms with van der Waals surface area (Å²) in [5.41, 5.74) is 0. The van der Waals surface area contributed by atoms with Gasteiger partial charge in [0.05, 0.1) is 6.33 Å². The van der Waals surface area contributed by atoms with Gasteiger partial charge in [-0.1, -0.05) is 38.3 Å². The van der Waals surface area contributed by atoms with Crippen molar-refractivity contribution in [1.29, 1.82) is 0 Å². The zero-order valence-corrected chi connectivity index (χ0v) is 14.5. The molecule has 1 saturated carbocycles. The SMILES string of the molecule is CC(C)CCN(C1CCCC1)S(=O)(=O)c1ncn(C)c1Cl. The van der Waals surface area contributed by atoms with Gasteiger partial charge < -0.3 is 4.57 Å². The lowest BCUT2D eigenvalue weighted by molar-refractivity contribution is 0.304. The van der Waals surface area contributed by atoms with Crippen LogP contribution in [0.5, 0.6) is 0 Å². The van der Waals surface area contributed by atoms with E-state index in [2.05, 4.69) is 18.8 Å². The Kier molecular flexibility index (Phi) is 5.33. The Morgan fingerprint density at radius 3 is 2.52 bits per heavy atom.